The van der Waals surface area contributed by atoms with E-state index in [-0.39, 0.29) is 46.5 Å². The van der Waals surface area contributed by atoms with Crippen LogP contribution in [0, 0.1) is 51.8 Å². The van der Waals surface area contributed by atoms with E-state index in [4.69, 9.17) is 9.47 Å². The maximum absolute atomic E-state index is 14.6. The van der Waals surface area contributed by atoms with E-state index in [1.807, 2.05) is 7.11 Å². The Morgan fingerprint density at radius 2 is 1.92 bits per heavy atom. The van der Waals surface area contributed by atoms with Crippen LogP contribution in [-0.4, -0.2) is 61.6 Å². The molecular formula is C32H46N2O5. The highest BCUT2D eigenvalue weighted by Crippen LogP contribution is 2.78. The zero-order chi connectivity index (χ0) is 27.2. The van der Waals surface area contributed by atoms with Gasteiger partial charge in [0.1, 0.15) is 11.9 Å². The van der Waals surface area contributed by atoms with Gasteiger partial charge in [0.05, 0.1) is 12.0 Å². The number of rotatable bonds is 4. The predicted octanol–water partition coefficient (Wildman–Crippen LogP) is 4.74. The smallest absolute Gasteiger partial charge is 0.414 e. The van der Waals surface area contributed by atoms with Crippen molar-refractivity contribution in [3.8, 4) is 0 Å². The zero-order valence-corrected chi connectivity index (χ0v) is 24.0. The number of allylic oxidation sites excluding steroid dienone is 2. The average Bonchev–Trinajstić information content (AvgIpc) is 3.24. The highest BCUT2D eigenvalue weighted by Gasteiger charge is 2.77. The second-order valence-corrected chi connectivity index (χ2v) is 14.5. The number of alkyl carbamates (subject to hydrolysis) is 1. The van der Waals surface area contributed by atoms with Gasteiger partial charge in [0, 0.05) is 42.9 Å². The van der Waals surface area contributed by atoms with Crippen molar-refractivity contribution in [2.24, 2.45) is 51.8 Å². The minimum absolute atomic E-state index is 0.0365. The van der Waals surface area contributed by atoms with Gasteiger partial charge in [0.2, 0.25) is 5.91 Å². The summed E-state index contributed by atoms with van der Waals surface area (Å²) in [4.78, 5) is 43.6. The molecule has 2 amide bonds. The predicted molar refractivity (Wildman–Crippen MR) is 146 cm³/mol. The van der Waals surface area contributed by atoms with Crippen molar-refractivity contribution in [1.29, 1.82) is 0 Å². The second kappa shape index (κ2) is 9.14. The molecule has 0 aromatic rings. The summed E-state index contributed by atoms with van der Waals surface area (Å²) in [5, 5.41) is 2.65. The quantitative estimate of drug-likeness (QED) is 0.521. The molecule has 39 heavy (non-hydrogen) atoms. The number of hydrogen-bond donors (Lipinski definition) is 1. The molecule has 4 unspecified atom stereocenters. The Labute approximate surface area is 232 Å². The van der Waals surface area contributed by atoms with Gasteiger partial charge < -0.3 is 14.4 Å². The SMILES string of the molecule is CO[C@@H]1CCC23CC[C@H]4C[C@@]4(C12)[C@H](OC(=O)NC(=O)[C@H]1CN2CC[C@@H]1C2)C[C@@](C)(C1C=CCCC1)C(=O)[C@@H]3C. The number of amides is 2. The lowest BCUT2D eigenvalue weighted by Crippen LogP contribution is -2.59. The van der Waals surface area contributed by atoms with E-state index >= 15 is 0 Å². The molecule has 7 nitrogen and oxygen atoms in total. The van der Waals surface area contributed by atoms with Crippen LogP contribution in [0.5, 0.6) is 0 Å². The number of methoxy groups -OCH3 is 1. The van der Waals surface area contributed by atoms with Gasteiger partial charge in [-0.1, -0.05) is 26.0 Å². The van der Waals surface area contributed by atoms with Gasteiger partial charge in [-0.15, -0.1) is 0 Å². The standard InChI is InChI=1S/C32H46N2O5/c1-19-27(35)30(2,21-7-5-4-6-8-21)16-25(39-29(37)33-28(36)23-18-34-14-11-20(23)17-34)32-15-22(32)9-12-31(19)13-10-24(38-3)26(31)32/h5,7,19-26H,4,6,8-18H2,1-3H3,(H,33,36,37)/t19-,20+,21?,22-,23-,24+,25+,26?,30-,31?,32-/m0/s1. The molecular weight excluding hydrogens is 492 g/mol. The molecule has 214 valence electrons. The fourth-order valence-electron chi connectivity index (χ4n) is 11.1. The number of imide groups is 1. The van der Waals surface area contributed by atoms with Gasteiger partial charge in [-0.2, -0.15) is 0 Å². The van der Waals surface area contributed by atoms with E-state index in [1.54, 1.807) is 0 Å². The number of nitrogens with one attached hydrogen (secondary N) is 1. The Hall–Kier alpha value is -1.73. The van der Waals surface area contributed by atoms with Crippen LogP contribution < -0.4 is 5.32 Å². The van der Waals surface area contributed by atoms with Gasteiger partial charge in [-0.05, 0) is 93.9 Å². The zero-order valence-electron chi connectivity index (χ0n) is 24.0. The number of piperidine rings is 1. The van der Waals surface area contributed by atoms with Crippen LogP contribution >= 0.6 is 0 Å². The number of nitrogens with zero attached hydrogens (tertiary/aromatic N) is 1. The lowest BCUT2D eigenvalue weighted by molar-refractivity contribution is -0.164. The highest BCUT2D eigenvalue weighted by molar-refractivity contribution is 5.94. The van der Waals surface area contributed by atoms with Crippen molar-refractivity contribution in [2.45, 2.75) is 90.3 Å². The molecule has 1 spiro atoms. The van der Waals surface area contributed by atoms with Crippen molar-refractivity contribution < 1.29 is 23.9 Å². The van der Waals surface area contributed by atoms with Crippen LogP contribution in [0.25, 0.3) is 0 Å². The van der Waals surface area contributed by atoms with Crippen molar-refractivity contribution in [3.05, 3.63) is 12.2 Å². The maximum Gasteiger partial charge on any atom is 0.414 e. The van der Waals surface area contributed by atoms with Gasteiger partial charge in [-0.3, -0.25) is 14.9 Å². The molecule has 6 fully saturated rings. The molecule has 0 aromatic heterocycles. The van der Waals surface area contributed by atoms with Crippen molar-refractivity contribution in [1.82, 2.24) is 10.2 Å². The highest BCUT2D eigenvalue weighted by atomic mass is 16.6. The largest absolute Gasteiger partial charge is 0.445 e. The maximum atomic E-state index is 14.6. The molecule has 1 N–H and O–H groups in total. The molecule has 7 aliphatic rings. The van der Waals surface area contributed by atoms with Gasteiger partial charge in [-0.25, -0.2) is 4.79 Å². The van der Waals surface area contributed by atoms with E-state index in [1.165, 1.54) is 0 Å². The molecule has 12 atom stereocenters. The Morgan fingerprint density at radius 3 is 2.62 bits per heavy atom. The number of fused-ring (bicyclic) bond motifs is 2. The summed E-state index contributed by atoms with van der Waals surface area (Å²) in [7, 11) is 1.81. The van der Waals surface area contributed by atoms with Gasteiger partial charge in [0.15, 0.2) is 0 Å². The molecule has 2 heterocycles. The third-order valence-electron chi connectivity index (χ3n) is 13.2. The molecule has 4 bridgehead atoms. The lowest BCUT2D eigenvalue weighted by Gasteiger charge is -2.56. The summed E-state index contributed by atoms with van der Waals surface area (Å²) < 4.78 is 12.5. The van der Waals surface area contributed by atoms with Crippen LogP contribution in [0.1, 0.15) is 78.1 Å². The van der Waals surface area contributed by atoms with E-state index < -0.39 is 17.6 Å². The van der Waals surface area contributed by atoms with Gasteiger partial charge >= 0.3 is 6.09 Å². The fourth-order valence-corrected chi connectivity index (χ4v) is 11.1. The Balaban J connectivity index is 1.23. The molecule has 0 radical (unpaired) electrons. The molecule has 5 aliphatic carbocycles. The third kappa shape index (κ3) is 3.70. The van der Waals surface area contributed by atoms with Crippen LogP contribution in [-0.2, 0) is 19.1 Å². The average molecular weight is 539 g/mol. The van der Waals surface area contributed by atoms with Crippen LogP contribution in [0.4, 0.5) is 4.79 Å². The third-order valence-corrected chi connectivity index (χ3v) is 13.2. The monoisotopic (exact) mass is 538 g/mol. The molecule has 0 aromatic carbocycles. The van der Waals surface area contributed by atoms with E-state index in [2.05, 4.69) is 36.2 Å². The second-order valence-electron chi connectivity index (χ2n) is 14.5. The molecule has 2 aliphatic heterocycles. The van der Waals surface area contributed by atoms with E-state index in [9.17, 15) is 14.4 Å². The first-order valence-electron chi connectivity index (χ1n) is 15.7. The minimum Gasteiger partial charge on any atom is -0.445 e. The molecule has 7 heteroatoms. The first-order chi connectivity index (χ1) is 18.7. The molecule has 7 rings (SSSR count). The number of carbonyl (C=O) groups excluding carboxylic acids is 3. The first-order valence-corrected chi connectivity index (χ1v) is 15.7. The fraction of sp³-hybridized carbons (Fsp3) is 0.844. The summed E-state index contributed by atoms with van der Waals surface area (Å²) in [5.41, 5.74) is -0.859. The topological polar surface area (TPSA) is 84.9 Å². The minimum atomic E-state index is -0.617. The summed E-state index contributed by atoms with van der Waals surface area (Å²) in [6, 6.07) is 0. The van der Waals surface area contributed by atoms with Crippen LogP contribution in [0.2, 0.25) is 0 Å². The summed E-state index contributed by atoms with van der Waals surface area (Å²) >= 11 is 0. The summed E-state index contributed by atoms with van der Waals surface area (Å²) in [6.07, 6.45) is 13.4. The van der Waals surface area contributed by atoms with Crippen molar-refractivity contribution in [3.63, 3.8) is 0 Å². The van der Waals surface area contributed by atoms with E-state index in [0.717, 1.165) is 77.4 Å². The molecule has 4 saturated carbocycles. The summed E-state index contributed by atoms with van der Waals surface area (Å²) in [5.74, 6) is 1.18. The number of carbonyl (C=O) groups is 3. The van der Waals surface area contributed by atoms with E-state index in [0.29, 0.717) is 24.0 Å². The number of ether oxygens (including phenoxy) is 2. The number of Topliss-reactive ketones (excluding diaryl/α,β-unsaturated/α-hetero) is 1. The first kappa shape index (κ1) is 26.2. The Kier molecular flexibility index (Phi) is 6.14. The normalized spacial score (nSPS) is 51.5. The summed E-state index contributed by atoms with van der Waals surface area (Å²) in [6.45, 7) is 7.09. The number of hydrogen-bond acceptors (Lipinski definition) is 6. The van der Waals surface area contributed by atoms with Gasteiger partial charge in [0.25, 0.3) is 0 Å². The lowest BCUT2D eigenvalue weighted by atomic mass is 9.49. The van der Waals surface area contributed by atoms with Crippen molar-refractivity contribution >= 4 is 17.8 Å². The van der Waals surface area contributed by atoms with Crippen LogP contribution in [0.3, 0.4) is 0 Å². The van der Waals surface area contributed by atoms with Crippen molar-refractivity contribution in [2.75, 3.05) is 26.7 Å². The number of ketones is 1. The van der Waals surface area contributed by atoms with Crippen LogP contribution in [0.15, 0.2) is 12.2 Å². The molecule has 2 saturated heterocycles. The Morgan fingerprint density at radius 1 is 1.10 bits per heavy atom. The Bertz CT molecular complexity index is 1090.